The van der Waals surface area contributed by atoms with Crippen molar-refractivity contribution >= 4 is 5.65 Å². The zero-order chi connectivity index (χ0) is 21.7. The summed E-state index contributed by atoms with van der Waals surface area (Å²) in [5.74, 6) is 1.86. The molecule has 0 saturated carbocycles. The molecule has 0 aliphatic carbocycles. The number of methoxy groups -OCH3 is 1. The van der Waals surface area contributed by atoms with Crippen LogP contribution in [0.2, 0.25) is 0 Å². The van der Waals surface area contributed by atoms with Crippen molar-refractivity contribution in [3.8, 4) is 28.4 Å². The van der Waals surface area contributed by atoms with E-state index in [1.807, 2.05) is 28.8 Å². The lowest BCUT2D eigenvalue weighted by Crippen LogP contribution is -1.94. The molecule has 0 bridgehead atoms. The van der Waals surface area contributed by atoms with E-state index in [1.54, 1.807) is 13.3 Å². The van der Waals surface area contributed by atoms with Gasteiger partial charge >= 0.3 is 0 Å². The van der Waals surface area contributed by atoms with Gasteiger partial charge in [-0.1, -0.05) is 89.2 Å². The van der Waals surface area contributed by atoms with Crippen LogP contribution in [0.1, 0.15) is 46.1 Å². The van der Waals surface area contributed by atoms with Crippen LogP contribution in [-0.2, 0) is 0 Å². The highest BCUT2D eigenvalue weighted by atomic mass is 16.5. The third kappa shape index (κ3) is 4.70. The molecule has 0 N–H and O–H groups in total. The van der Waals surface area contributed by atoms with E-state index in [9.17, 15) is 0 Å². The maximum atomic E-state index is 5.42. The Bertz CT molecular complexity index is 1080. The third-order valence-corrected chi connectivity index (χ3v) is 4.60. The summed E-state index contributed by atoms with van der Waals surface area (Å²) in [6, 6.07) is 18.9. The number of rotatable bonds is 4. The average Bonchev–Trinajstić information content (AvgIpc) is 3.13. The number of aromatic nitrogens is 3. The molecule has 2 aromatic carbocycles. The molecule has 0 aliphatic heterocycles. The lowest BCUT2D eigenvalue weighted by molar-refractivity contribution is 0.400. The predicted molar refractivity (Wildman–Crippen MR) is 125 cm³/mol. The molecule has 156 valence electrons. The van der Waals surface area contributed by atoms with E-state index in [2.05, 4.69) is 76.0 Å². The number of imidazole rings is 1. The number of hydrogen-bond donors (Lipinski definition) is 0. The number of hydrogen-bond acceptors (Lipinski definition) is 3. The van der Waals surface area contributed by atoms with Crippen LogP contribution in [0.5, 0.6) is 5.88 Å². The molecule has 0 saturated heterocycles. The summed E-state index contributed by atoms with van der Waals surface area (Å²) in [5.41, 5.74) is 6.20. The Labute approximate surface area is 179 Å². The van der Waals surface area contributed by atoms with Gasteiger partial charge in [0, 0.05) is 23.5 Å². The molecule has 0 atom stereocenters. The van der Waals surface area contributed by atoms with Gasteiger partial charge in [-0.3, -0.25) is 4.40 Å². The number of benzene rings is 2. The molecule has 4 aromatic rings. The lowest BCUT2D eigenvalue weighted by atomic mass is 9.99. The molecule has 4 nitrogen and oxygen atoms in total. The van der Waals surface area contributed by atoms with Crippen molar-refractivity contribution in [1.82, 2.24) is 14.4 Å². The molecule has 4 rings (SSSR count). The first kappa shape index (κ1) is 21.6. The minimum absolute atomic E-state index is 0.503. The molecule has 30 heavy (non-hydrogen) atoms. The van der Waals surface area contributed by atoms with E-state index in [0.717, 1.165) is 34.1 Å². The molecular weight excluding hydrogens is 370 g/mol. The fraction of sp³-hybridized carbons (Fsp3) is 0.308. The van der Waals surface area contributed by atoms with E-state index in [4.69, 9.17) is 9.72 Å². The summed E-state index contributed by atoms with van der Waals surface area (Å²) in [4.78, 5) is 9.18. The quantitative estimate of drug-likeness (QED) is 0.375. The van der Waals surface area contributed by atoms with E-state index < -0.39 is 0 Å². The van der Waals surface area contributed by atoms with E-state index in [0.29, 0.717) is 11.8 Å². The Balaban J connectivity index is 0.000000589. The van der Waals surface area contributed by atoms with Gasteiger partial charge < -0.3 is 4.74 Å². The SMILES string of the molecule is CC(C)C.COc1nccn2c(-c3ccccc3)c(-c3ccc(C(C)C)cc3)nc12. The van der Waals surface area contributed by atoms with Crippen molar-refractivity contribution in [1.29, 1.82) is 0 Å². The fourth-order valence-electron chi connectivity index (χ4n) is 3.20. The summed E-state index contributed by atoms with van der Waals surface area (Å²) < 4.78 is 7.47. The Morgan fingerprint density at radius 3 is 2.03 bits per heavy atom. The average molecular weight is 402 g/mol. The van der Waals surface area contributed by atoms with Gasteiger partial charge in [-0.05, 0) is 17.4 Å². The van der Waals surface area contributed by atoms with Crippen molar-refractivity contribution < 1.29 is 4.74 Å². The molecule has 0 unspecified atom stereocenters. The zero-order valence-corrected chi connectivity index (χ0v) is 18.8. The Morgan fingerprint density at radius 1 is 0.833 bits per heavy atom. The zero-order valence-electron chi connectivity index (χ0n) is 18.8. The van der Waals surface area contributed by atoms with Gasteiger partial charge in [0.2, 0.25) is 5.65 Å². The van der Waals surface area contributed by atoms with Crippen LogP contribution in [0.3, 0.4) is 0 Å². The second-order valence-corrected chi connectivity index (χ2v) is 8.31. The van der Waals surface area contributed by atoms with Crippen molar-refractivity contribution in [3.63, 3.8) is 0 Å². The Hall–Kier alpha value is -3.14. The summed E-state index contributed by atoms with van der Waals surface area (Å²) in [6.07, 6.45) is 3.67. The molecule has 0 amide bonds. The summed E-state index contributed by atoms with van der Waals surface area (Å²) in [7, 11) is 1.62. The van der Waals surface area contributed by atoms with Gasteiger partial charge in [0.25, 0.3) is 5.88 Å². The first-order chi connectivity index (χ1) is 14.4. The van der Waals surface area contributed by atoms with E-state index in [-0.39, 0.29) is 0 Å². The van der Waals surface area contributed by atoms with Crippen molar-refractivity contribution in [2.75, 3.05) is 7.11 Å². The van der Waals surface area contributed by atoms with Gasteiger partial charge in [-0.15, -0.1) is 0 Å². The summed E-state index contributed by atoms with van der Waals surface area (Å²) in [6.45, 7) is 10.9. The van der Waals surface area contributed by atoms with Crippen molar-refractivity contribution in [3.05, 3.63) is 72.6 Å². The monoisotopic (exact) mass is 401 g/mol. The minimum Gasteiger partial charge on any atom is -0.478 e. The predicted octanol–water partition coefficient (Wildman–Crippen LogP) is 6.86. The summed E-state index contributed by atoms with van der Waals surface area (Å²) >= 11 is 0. The van der Waals surface area contributed by atoms with E-state index >= 15 is 0 Å². The second kappa shape index (κ2) is 9.57. The van der Waals surface area contributed by atoms with Crippen LogP contribution >= 0.6 is 0 Å². The van der Waals surface area contributed by atoms with Crippen LogP contribution in [0.25, 0.3) is 28.2 Å². The first-order valence-electron chi connectivity index (χ1n) is 10.5. The fourth-order valence-corrected chi connectivity index (χ4v) is 3.20. The van der Waals surface area contributed by atoms with Gasteiger partial charge in [-0.25, -0.2) is 9.97 Å². The first-order valence-corrected chi connectivity index (χ1v) is 10.5. The molecule has 0 aliphatic rings. The number of ether oxygens (including phenoxy) is 1. The molecule has 2 heterocycles. The largest absolute Gasteiger partial charge is 0.478 e. The van der Waals surface area contributed by atoms with E-state index in [1.165, 1.54) is 5.56 Å². The molecule has 2 aromatic heterocycles. The molecule has 0 radical (unpaired) electrons. The number of fused-ring (bicyclic) bond motifs is 1. The van der Waals surface area contributed by atoms with Gasteiger partial charge in [0.1, 0.15) is 0 Å². The molecule has 4 heteroatoms. The van der Waals surface area contributed by atoms with Crippen molar-refractivity contribution in [2.45, 2.75) is 40.5 Å². The number of nitrogens with zero attached hydrogens (tertiary/aromatic N) is 3. The highest BCUT2D eigenvalue weighted by Crippen LogP contribution is 2.35. The maximum Gasteiger partial charge on any atom is 0.258 e. The van der Waals surface area contributed by atoms with Crippen LogP contribution in [0.4, 0.5) is 0 Å². The normalized spacial score (nSPS) is 10.9. The second-order valence-electron chi connectivity index (χ2n) is 8.31. The Kier molecular flexibility index (Phi) is 6.88. The summed E-state index contributed by atoms with van der Waals surface area (Å²) in [5, 5.41) is 0. The molecule has 0 spiro atoms. The highest BCUT2D eigenvalue weighted by molar-refractivity contribution is 5.83. The van der Waals surface area contributed by atoms with Crippen molar-refractivity contribution in [2.24, 2.45) is 5.92 Å². The van der Waals surface area contributed by atoms with Crippen LogP contribution in [0, 0.1) is 5.92 Å². The van der Waals surface area contributed by atoms with Crippen LogP contribution in [0.15, 0.2) is 67.0 Å². The standard InChI is InChI=1S/C22H21N3O.C4H10/c1-15(2)16-9-11-17(12-10-16)19-20(18-7-5-4-6-8-18)25-14-13-23-22(26-3)21(25)24-19;1-4(2)3/h4-15H,1-3H3;4H,1-3H3. The smallest absolute Gasteiger partial charge is 0.258 e. The topological polar surface area (TPSA) is 39.4 Å². The Morgan fingerprint density at radius 2 is 1.47 bits per heavy atom. The van der Waals surface area contributed by atoms with Crippen LogP contribution < -0.4 is 4.74 Å². The molecular formula is C26H31N3O. The van der Waals surface area contributed by atoms with Gasteiger partial charge in [0.15, 0.2) is 0 Å². The minimum atomic E-state index is 0.503. The van der Waals surface area contributed by atoms with Gasteiger partial charge in [-0.2, -0.15) is 0 Å². The lowest BCUT2D eigenvalue weighted by Gasteiger charge is -2.08. The van der Waals surface area contributed by atoms with Gasteiger partial charge in [0.05, 0.1) is 18.5 Å². The highest BCUT2D eigenvalue weighted by Gasteiger charge is 2.18. The maximum absolute atomic E-state index is 5.42. The third-order valence-electron chi connectivity index (χ3n) is 4.60. The van der Waals surface area contributed by atoms with Crippen LogP contribution in [-0.4, -0.2) is 21.5 Å². The molecule has 0 fully saturated rings.